The molecule has 0 aliphatic carbocycles. The first kappa shape index (κ1) is 12.1. The Morgan fingerprint density at radius 1 is 1.29 bits per heavy atom. The third-order valence-electron chi connectivity index (χ3n) is 1.94. The Morgan fingerprint density at radius 3 is 2.59 bits per heavy atom. The molecule has 2 N–H and O–H groups in total. The first-order valence-corrected chi connectivity index (χ1v) is 6.50. The van der Waals surface area contributed by atoms with Gasteiger partial charge in [0.05, 0.1) is 0 Å². The summed E-state index contributed by atoms with van der Waals surface area (Å²) in [5.41, 5.74) is 0.735. The zero-order chi connectivity index (χ0) is 12.3. The van der Waals surface area contributed by atoms with Crippen LogP contribution in [0.3, 0.4) is 0 Å². The highest BCUT2D eigenvalue weighted by Crippen LogP contribution is 2.17. The number of hydrogen-bond acceptors (Lipinski definition) is 3. The van der Waals surface area contributed by atoms with Crippen LogP contribution in [0, 0.1) is 6.92 Å². The lowest BCUT2D eigenvalue weighted by atomic mass is 10.3. The standard InChI is InChI=1S/C11H10BrN3OS/c1-7-6-13-11(17-7)15-10(16)14-9-4-2-8(12)3-5-9/h2-6H,1H3,(H2,13,14,15,16). The lowest BCUT2D eigenvalue weighted by molar-refractivity contribution is 0.262. The third-order valence-corrected chi connectivity index (χ3v) is 3.30. The number of nitrogens with one attached hydrogen (secondary N) is 2. The summed E-state index contributed by atoms with van der Waals surface area (Å²) in [5, 5.41) is 5.99. The van der Waals surface area contributed by atoms with Crippen molar-refractivity contribution >= 4 is 44.1 Å². The Hall–Kier alpha value is -1.40. The average molecular weight is 312 g/mol. The van der Waals surface area contributed by atoms with E-state index in [9.17, 15) is 4.79 Å². The van der Waals surface area contributed by atoms with Gasteiger partial charge >= 0.3 is 6.03 Å². The monoisotopic (exact) mass is 311 g/mol. The van der Waals surface area contributed by atoms with Crippen molar-refractivity contribution in [1.29, 1.82) is 0 Å². The van der Waals surface area contributed by atoms with Crippen LogP contribution in [-0.2, 0) is 0 Å². The van der Waals surface area contributed by atoms with Crippen LogP contribution in [-0.4, -0.2) is 11.0 Å². The van der Waals surface area contributed by atoms with Crippen LogP contribution in [0.4, 0.5) is 15.6 Å². The topological polar surface area (TPSA) is 54.0 Å². The molecule has 0 aliphatic heterocycles. The summed E-state index contributed by atoms with van der Waals surface area (Å²) in [6.45, 7) is 1.94. The maximum atomic E-state index is 11.6. The molecule has 0 spiro atoms. The number of aromatic nitrogens is 1. The first-order chi connectivity index (χ1) is 8.13. The third kappa shape index (κ3) is 3.54. The van der Waals surface area contributed by atoms with Gasteiger partial charge in [-0.2, -0.15) is 0 Å². The number of anilines is 2. The molecular formula is C11H10BrN3OS. The molecule has 4 nitrogen and oxygen atoms in total. The number of amides is 2. The van der Waals surface area contributed by atoms with Crippen molar-refractivity contribution in [3.63, 3.8) is 0 Å². The Balaban J connectivity index is 1.95. The fourth-order valence-electron chi connectivity index (χ4n) is 1.21. The number of benzene rings is 1. The van der Waals surface area contributed by atoms with E-state index in [1.54, 1.807) is 6.20 Å². The SMILES string of the molecule is Cc1cnc(NC(=O)Nc2ccc(Br)cc2)s1. The average Bonchev–Trinajstić information content (AvgIpc) is 2.67. The summed E-state index contributed by atoms with van der Waals surface area (Å²) in [6.07, 6.45) is 1.72. The van der Waals surface area contributed by atoms with Gasteiger partial charge in [-0.1, -0.05) is 15.9 Å². The molecule has 88 valence electrons. The summed E-state index contributed by atoms with van der Waals surface area (Å²) in [4.78, 5) is 16.7. The van der Waals surface area contributed by atoms with E-state index in [-0.39, 0.29) is 6.03 Å². The predicted molar refractivity (Wildman–Crippen MR) is 73.6 cm³/mol. The van der Waals surface area contributed by atoms with E-state index in [2.05, 4.69) is 31.5 Å². The van der Waals surface area contributed by atoms with Crippen molar-refractivity contribution in [1.82, 2.24) is 4.98 Å². The van der Waals surface area contributed by atoms with Crippen LogP contribution in [0.1, 0.15) is 4.88 Å². The van der Waals surface area contributed by atoms with Gasteiger partial charge in [-0.15, -0.1) is 11.3 Å². The fraction of sp³-hybridized carbons (Fsp3) is 0.0909. The molecular weight excluding hydrogens is 302 g/mol. The van der Waals surface area contributed by atoms with Gasteiger partial charge in [0.1, 0.15) is 0 Å². The quantitative estimate of drug-likeness (QED) is 0.885. The maximum Gasteiger partial charge on any atom is 0.325 e. The molecule has 1 heterocycles. The molecule has 0 saturated heterocycles. The number of rotatable bonds is 2. The van der Waals surface area contributed by atoms with Gasteiger partial charge in [-0.25, -0.2) is 9.78 Å². The Bertz CT molecular complexity index is 524. The highest BCUT2D eigenvalue weighted by Gasteiger charge is 2.04. The van der Waals surface area contributed by atoms with E-state index in [0.29, 0.717) is 5.13 Å². The van der Waals surface area contributed by atoms with E-state index in [1.807, 2.05) is 31.2 Å². The first-order valence-electron chi connectivity index (χ1n) is 4.89. The molecule has 1 aromatic carbocycles. The summed E-state index contributed by atoms with van der Waals surface area (Å²) in [7, 11) is 0. The molecule has 1 aromatic heterocycles. The molecule has 0 radical (unpaired) electrons. The molecule has 2 rings (SSSR count). The number of nitrogens with zero attached hydrogens (tertiary/aromatic N) is 1. The van der Waals surface area contributed by atoms with Gasteiger partial charge in [-0.3, -0.25) is 5.32 Å². The van der Waals surface area contributed by atoms with Crippen LogP contribution in [0.2, 0.25) is 0 Å². The molecule has 2 aromatic rings. The van der Waals surface area contributed by atoms with Gasteiger partial charge in [-0.05, 0) is 31.2 Å². The number of carbonyl (C=O) groups is 1. The minimum Gasteiger partial charge on any atom is -0.308 e. The zero-order valence-electron chi connectivity index (χ0n) is 9.03. The molecule has 6 heteroatoms. The fourth-order valence-corrected chi connectivity index (χ4v) is 2.13. The number of aryl methyl sites for hydroxylation is 1. The van der Waals surface area contributed by atoms with Crippen LogP contribution in [0.25, 0.3) is 0 Å². The lowest BCUT2D eigenvalue weighted by Crippen LogP contribution is -2.19. The Labute approximate surface area is 111 Å². The summed E-state index contributed by atoms with van der Waals surface area (Å²) >= 11 is 4.77. The minimum atomic E-state index is -0.290. The van der Waals surface area contributed by atoms with E-state index in [1.165, 1.54) is 11.3 Å². The number of urea groups is 1. The number of halogens is 1. The van der Waals surface area contributed by atoms with E-state index in [0.717, 1.165) is 15.0 Å². The van der Waals surface area contributed by atoms with E-state index >= 15 is 0 Å². The van der Waals surface area contributed by atoms with Crippen molar-refractivity contribution < 1.29 is 4.79 Å². The molecule has 0 aliphatic rings. The summed E-state index contributed by atoms with van der Waals surface area (Å²) in [6, 6.07) is 7.07. The largest absolute Gasteiger partial charge is 0.325 e. The van der Waals surface area contributed by atoms with Crippen LogP contribution >= 0.6 is 27.3 Å². The van der Waals surface area contributed by atoms with Crippen LogP contribution in [0.5, 0.6) is 0 Å². The Kier molecular flexibility index (Phi) is 3.75. The van der Waals surface area contributed by atoms with Gasteiger partial charge in [0.25, 0.3) is 0 Å². The van der Waals surface area contributed by atoms with E-state index in [4.69, 9.17) is 0 Å². The number of thiazole rings is 1. The number of carbonyl (C=O) groups excluding carboxylic acids is 1. The van der Waals surface area contributed by atoms with Crippen molar-refractivity contribution in [3.05, 3.63) is 39.8 Å². The van der Waals surface area contributed by atoms with Gasteiger partial charge in [0.2, 0.25) is 0 Å². The van der Waals surface area contributed by atoms with Crippen molar-refractivity contribution in [3.8, 4) is 0 Å². The van der Waals surface area contributed by atoms with Gasteiger partial charge in [0.15, 0.2) is 5.13 Å². The maximum absolute atomic E-state index is 11.6. The van der Waals surface area contributed by atoms with Gasteiger partial charge in [0, 0.05) is 21.2 Å². The molecule has 0 unspecified atom stereocenters. The second-order valence-electron chi connectivity index (χ2n) is 3.36. The zero-order valence-corrected chi connectivity index (χ0v) is 11.4. The van der Waals surface area contributed by atoms with Crippen molar-refractivity contribution in [2.24, 2.45) is 0 Å². The smallest absolute Gasteiger partial charge is 0.308 e. The molecule has 0 fully saturated rings. The number of hydrogen-bond donors (Lipinski definition) is 2. The normalized spacial score (nSPS) is 10.0. The Morgan fingerprint density at radius 2 is 2.00 bits per heavy atom. The van der Waals surface area contributed by atoms with Crippen molar-refractivity contribution in [2.75, 3.05) is 10.6 Å². The highest BCUT2D eigenvalue weighted by molar-refractivity contribution is 9.10. The summed E-state index contributed by atoms with van der Waals surface area (Å²) in [5.74, 6) is 0. The highest BCUT2D eigenvalue weighted by atomic mass is 79.9. The molecule has 2 amide bonds. The van der Waals surface area contributed by atoms with E-state index < -0.39 is 0 Å². The molecule has 0 bridgehead atoms. The molecule has 17 heavy (non-hydrogen) atoms. The summed E-state index contributed by atoms with van der Waals surface area (Å²) < 4.78 is 0.971. The van der Waals surface area contributed by atoms with Crippen LogP contribution < -0.4 is 10.6 Å². The van der Waals surface area contributed by atoms with Crippen molar-refractivity contribution in [2.45, 2.75) is 6.92 Å². The molecule has 0 saturated carbocycles. The second kappa shape index (κ2) is 5.29. The molecule has 0 atom stereocenters. The predicted octanol–water partition coefficient (Wildman–Crippen LogP) is 3.86. The lowest BCUT2D eigenvalue weighted by Gasteiger charge is -2.04. The van der Waals surface area contributed by atoms with Gasteiger partial charge < -0.3 is 5.32 Å². The second-order valence-corrected chi connectivity index (χ2v) is 5.51. The van der Waals surface area contributed by atoms with Crippen LogP contribution in [0.15, 0.2) is 34.9 Å². The minimum absolute atomic E-state index is 0.290.